The normalized spacial score (nSPS) is 10.2. The summed E-state index contributed by atoms with van der Waals surface area (Å²) in [5, 5.41) is 3.50. The van der Waals surface area contributed by atoms with Gasteiger partial charge in [-0.25, -0.2) is 8.78 Å². The minimum Gasteiger partial charge on any atom is -0.469 e. The van der Waals surface area contributed by atoms with Crippen LogP contribution in [0.15, 0.2) is 102 Å². The molecule has 0 fully saturated rings. The fourth-order valence-electron chi connectivity index (χ4n) is 3.80. The summed E-state index contributed by atoms with van der Waals surface area (Å²) >= 11 is 11.5. The molecule has 200 valence electrons. The number of amides is 1. The van der Waals surface area contributed by atoms with Gasteiger partial charge in [0.15, 0.2) is 0 Å². The summed E-state index contributed by atoms with van der Waals surface area (Å²) < 4.78 is 32.9. The Hall–Kier alpha value is -4.13. The van der Waals surface area contributed by atoms with Crippen LogP contribution in [-0.4, -0.2) is 5.91 Å². The summed E-state index contributed by atoms with van der Waals surface area (Å²) in [6, 6.07) is 24.8. The second kappa shape index (κ2) is 13.1. The van der Waals surface area contributed by atoms with Crippen molar-refractivity contribution in [2.45, 2.75) is 14.4 Å². The third-order valence-electron chi connectivity index (χ3n) is 5.68. The minimum atomic E-state index is -0.446. The second-order valence-electron chi connectivity index (χ2n) is 8.23. The van der Waals surface area contributed by atoms with Crippen LogP contribution >= 0.6 is 23.2 Å². The van der Waals surface area contributed by atoms with Crippen molar-refractivity contribution in [3.63, 3.8) is 0 Å². The number of rotatable bonds is 4. The Morgan fingerprint density at radius 2 is 1.31 bits per heavy atom. The molecule has 1 heterocycles. The molecule has 0 bridgehead atoms. The SMILES string of the molecule is C.Cc1occc1C(=O)Nc1ccccc1-c1ccc(Cl)cc1F.Nc1ccccc1-c1ccc(Cl)cc1F. The van der Waals surface area contributed by atoms with Crippen molar-refractivity contribution in [3.05, 3.63) is 130 Å². The maximum absolute atomic E-state index is 14.2. The van der Waals surface area contributed by atoms with Crippen LogP contribution in [0.1, 0.15) is 23.5 Å². The highest BCUT2D eigenvalue weighted by atomic mass is 35.5. The average molecular weight is 567 g/mol. The van der Waals surface area contributed by atoms with E-state index in [2.05, 4.69) is 5.32 Å². The van der Waals surface area contributed by atoms with Gasteiger partial charge in [0.2, 0.25) is 0 Å². The quantitative estimate of drug-likeness (QED) is 0.213. The van der Waals surface area contributed by atoms with Crippen molar-refractivity contribution < 1.29 is 18.0 Å². The standard InChI is InChI=1S/C18H13ClFNO2.C12H9ClFN.CH4/c1-11-13(8-9-23-11)18(22)21-17-5-3-2-4-15(17)14-7-6-12(19)10-16(14)20;13-8-5-6-9(11(14)7-8)10-3-1-2-4-12(10)15;/h2-10H,1H3,(H,21,22);1-7H,15H2;1H4. The molecule has 3 N–H and O–H groups in total. The van der Waals surface area contributed by atoms with E-state index in [1.165, 1.54) is 18.4 Å². The third-order valence-corrected chi connectivity index (χ3v) is 6.15. The number of nitrogens with one attached hydrogen (secondary N) is 1. The summed E-state index contributed by atoms with van der Waals surface area (Å²) in [5.74, 6) is -0.588. The van der Waals surface area contributed by atoms with Gasteiger partial charge in [-0.2, -0.15) is 0 Å². The molecule has 0 radical (unpaired) electrons. The summed E-state index contributed by atoms with van der Waals surface area (Å²) in [5.41, 5.74) is 9.37. The zero-order valence-electron chi connectivity index (χ0n) is 20.1. The largest absolute Gasteiger partial charge is 0.469 e. The molecule has 1 amide bonds. The molecule has 0 aliphatic carbocycles. The van der Waals surface area contributed by atoms with Crippen LogP contribution in [0.2, 0.25) is 10.0 Å². The number of benzene rings is 4. The molecule has 1 aromatic heterocycles. The van der Waals surface area contributed by atoms with Crippen LogP contribution in [0.3, 0.4) is 0 Å². The monoisotopic (exact) mass is 566 g/mol. The lowest BCUT2D eigenvalue weighted by molar-refractivity contribution is 0.102. The molecule has 0 spiro atoms. The Labute approximate surface area is 236 Å². The number of halogens is 4. The molecular weight excluding hydrogens is 541 g/mol. The van der Waals surface area contributed by atoms with Gasteiger partial charge in [-0.05, 0) is 61.5 Å². The van der Waals surface area contributed by atoms with Crippen LogP contribution in [0, 0.1) is 18.6 Å². The van der Waals surface area contributed by atoms with Crippen molar-refractivity contribution in [3.8, 4) is 22.3 Å². The lowest BCUT2D eigenvalue weighted by atomic mass is 10.0. The number of furan rings is 1. The van der Waals surface area contributed by atoms with Gasteiger partial charge >= 0.3 is 0 Å². The second-order valence-corrected chi connectivity index (χ2v) is 9.10. The summed E-state index contributed by atoms with van der Waals surface area (Å²) in [6.45, 7) is 1.71. The van der Waals surface area contributed by atoms with Crippen LogP contribution in [0.25, 0.3) is 22.3 Å². The Bertz CT molecular complexity index is 1600. The zero-order chi connectivity index (χ0) is 27.2. The lowest BCUT2D eigenvalue weighted by Gasteiger charge is -2.12. The van der Waals surface area contributed by atoms with Crippen molar-refractivity contribution in [1.29, 1.82) is 0 Å². The van der Waals surface area contributed by atoms with E-state index in [4.69, 9.17) is 33.4 Å². The lowest BCUT2D eigenvalue weighted by Crippen LogP contribution is -2.12. The maximum Gasteiger partial charge on any atom is 0.259 e. The van der Waals surface area contributed by atoms with Crippen LogP contribution in [-0.2, 0) is 0 Å². The molecule has 5 aromatic rings. The number of nitrogens with two attached hydrogens (primary N) is 1. The van der Waals surface area contributed by atoms with Gasteiger partial charge in [0.25, 0.3) is 5.91 Å². The number of aryl methyl sites for hydroxylation is 1. The summed E-state index contributed by atoms with van der Waals surface area (Å²) in [6.07, 6.45) is 1.45. The Morgan fingerprint density at radius 1 is 0.769 bits per heavy atom. The number of para-hydroxylation sites is 2. The van der Waals surface area contributed by atoms with Crippen molar-refractivity contribution in [2.75, 3.05) is 11.1 Å². The Balaban J connectivity index is 0.000000228. The van der Waals surface area contributed by atoms with Crippen LogP contribution in [0.5, 0.6) is 0 Å². The van der Waals surface area contributed by atoms with Crippen molar-refractivity contribution in [2.24, 2.45) is 0 Å². The predicted molar refractivity (Wildman–Crippen MR) is 156 cm³/mol. The van der Waals surface area contributed by atoms with E-state index in [1.807, 2.05) is 12.1 Å². The van der Waals surface area contributed by atoms with Crippen LogP contribution in [0.4, 0.5) is 20.2 Å². The minimum absolute atomic E-state index is 0. The molecule has 5 rings (SSSR count). The molecule has 0 saturated carbocycles. The van der Waals surface area contributed by atoms with Gasteiger partial charge < -0.3 is 15.5 Å². The van der Waals surface area contributed by atoms with E-state index >= 15 is 0 Å². The maximum atomic E-state index is 14.2. The molecule has 0 aliphatic heterocycles. The fourth-order valence-corrected chi connectivity index (χ4v) is 4.11. The molecule has 0 aliphatic rings. The van der Waals surface area contributed by atoms with Gasteiger partial charge in [-0.1, -0.05) is 67.0 Å². The molecular formula is C31H26Cl2F2N2O2. The number of carbonyl (C=O) groups is 1. The van der Waals surface area contributed by atoms with E-state index < -0.39 is 5.82 Å². The molecule has 0 saturated heterocycles. The van der Waals surface area contributed by atoms with Gasteiger partial charge in [-0.15, -0.1) is 0 Å². The average Bonchev–Trinajstić information content (AvgIpc) is 3.32. The highest BCUT2D eigenvalue weighted by Crippen LogP contribution is 2.32. The molecule has 4 nitrogen and oxygen atoms in total. The van der Waals surface area contributed by atoms with Crippen LogP contribution < -0.4 is 11.1 Å². The highest BCUT2D eigenvalue weighted by molar-refractivity contribution is 6.31. The smallest absolute Gasteiger partial charge is 0.259 e. The molecule has 4 aromatic carbocycles. The third kappa shape index (κ3) is 7.05. The van der Waals surface area contributed by atoms with Crippen molar-refractivity contribution >= 4 is 40.5 Å². The Morgan fingerprint density at radius 3 is 1.85 bits per heavy atom. The van der Waals surface area contributed by atoms with Gasteiger partial charge in [0, 0.05) is 43.7 Å². The van der Waals surface area contributed by atoms with E-state index in [9.17, 15) is 13.6 Å². The van der Waals surface area contributed by atoms with E-state index in [-0.39, 0.29) is 19.2 Å². The first-order valence-electron chi connectivity index (χ1n) is 11.4. The van der Waals surface area contributed by atoms with E-state index in [0.717, 1.165) is 0 Å². The highest BCUT2D eigenvalue weighted by Gasteiger charge is 2.15. The first kappa shape index (κ1) is 29.4. The number of anilines is 2. The van der Waals surface area contributed by atoms with Gasteiger partial charge in [0.05, 0.1) is 11.8 Å². The molecule has 0 atom stereocenters. The van der Waals surface area contributed by atoms with E-state index in [1.54, 1.807) is 73.7 Å². The molecule has 39 heavy (non-hydrogen) atoms. The number of nitrogen functional groups attached to an aromatic ring is 1. The first-order valence-corrected chi connectivity index (χ1v) is 12.2. The number of carbonyl (C=O) groups excluding carboxylic acids is 1. The van der Waals surface area contributed by atoms with Gasteiger partial charge in [0.1, 0.15) is 17.4 Å². The predicted octanol–water partition coefficient (Wildman–Crippen LogP) is 9.66. The topological polar surface area (TPSA) is 68.3 Å². The fraction of sp³-hybridized carbons (Fsp3) is 0.0645. The summed E-state index contributed by atoms with van der Waals surface area (Å²) in [4.78, 5) is 12.3. The van der Waals surface area contributed by atoms with Gasteiger partial charge in [-0.3, -0.25) is 4.79 Å². The summed E-state index contributed by atoms with van der Waals surface area (Å²) in [7, 11) is 0. The number of hydrogen-bond donors (Lipinski definition) is 2. The van der Waals surface area contributed by atoms with E-state index in [0.29, 0.717) is 55.0 Å². The Kier molecular flexibility index (Phi) is 9.88. The molecule has 8 heteroatoms. The molecule has 0 unspecified atom stereocenters. The van der Waals surface area contributed by atoms with Crippen molar-refractivity contribution in [1.82, 2.24) is 0 Å². The zero-order valence-corrected chi connectivity index (χ0v) is 21.7. The number of hydrogen-bond acceptors (Lipinski definition) is 3. The first-order chi connectivity index (χ1) is 18.2.